The number of benzene rings is 2. The van der Waals surface area contributed by atoms with Gasteiger partial charge in [0.1, 0.15) is 0 Å². The molecule has 5 heteroatoms. The number of nitrogens with one attached hydrogen (secondary N) is 1. The zero-order valence-electron chi connectivity index (χ0n) is 10.8. The van der Waals surface area contributed by atoms with E-state index in [-0.39, 0.29) is 6.54 Å². The molecule has 0 aliphatic heterocycles. The van der Waals surface area contributed by atoms with Crippen molar-refractivity contribution in [2.24, 2.45) is 0 Å². The predicted molar refractivity (Wildman–Crippen MR) is 78.7 cm³/mol. The average Bonchev–Trinajstić information content (AvgIpc) is 2.43. The van der Waals surface area contributed by atoms with E-state index in [1.807, 2.05) is 25.1 Å². The zero-order valence-corrected chi connectivity index (χ0v) is 12.4. The van der Waals surface area contributed by atoms with Crippen molar-refractivity contribution in [2.45, 2.75) is 13.0 Å². The average molecular weight is 342 g/mol. The molecular formula is C15H14BrF2NO. The Balaban J connectivity index is 2.02. The lowest BCUT2D eigenvalue weighted by Gasteiger charge is -2.14. The Hall–Kier alpha value is -1.46. The van der Waals surface area contributed by atoms with Crippen LogP contribution in [0.15, 0.2) is 40.9 Å². The summed E-state index contributed by atoms with van der Waals surface area (Å²) in [4.78, 5) is 0. The number of anilines is 1. The van der Waals surface area contributed by atoms with Gasteiger partial charge in [-0.05, 0) is 48.4 Å². The van der Waals surface area contributed by atoms with E-state index in [0.717, 1.165) is 27.9 Å². The van der Waals surface area contributed by atoms with E-state index < -0.39 is 17.7 Å². The Morgan fingerprint density at radius 1 is 1.15 bits per heavy atom. The molecule has 1 atom stereocenters. The van der Waals surface area contributed by atoms with Gasteiger partial charge in [0.2, 0.25) is 0 Å². The van der Waals surface area contributed by atoms with Gasteiger partial charge in [0.05, 0.1) is 6.10 Å². The molecule has 0 spiro atoms. The Morgan fingerprint density at radius 2 is 1.90 bits per heavy atom. The first-order valence-electron chi connectivity index (χ1n) is 6.10. The van der Waals surface area contributed by atoms with E-state index in [1.165, 1.54) is 6.07 Å². The van der Waals surface area contributed by atoms with Crippen molar-refractivity contribution in [1.29, 1.82) is 0 Å². The molecule has 0 radical (unpaired) electrons. The second-order valence-electron chi connectivity index (χ2n) is 4.53. The summed E-state index contributed by atoms with van der Waals surface area (Å²) in [5, 5.41) is 13.0. The van der Waals surface area contributed by atoms with E-state index in [1.54, 1.807) is 0 Å². The van der Waals surface area contributed by atoms with Crippen LogP contribution in [-0.4, -0.2) is 11.7 Å². The van der Waals surface area contributed by atoms with Crippen LogP contribution in [0.2, 0.25) is 0 Å². The van der Waals surface area contributed by atoms with E-state index in [0.29, 0.717) is 5.56 Å². The molecule has 20 heavy (non-hydrogen) atoms. The van der Waals surface area contributed by atoms with Crippen molar-refractivity contribution in [3.8, 4) is 0 Å². The molecule has 106 valence electrons. The summed E-state index contributed by atoms with van der Waals surface area (Å²) in [6.07, 6.45) is -0.908. The quantitative estimate of drug-likeness (QED) is 0.874. The zero-order chi connectivity index (χ0) is 14.7. The van der Waals surface area contributed by atoms with Crippen molar-refractivity contribution in [3.05, 3.63) is 63.6 Å². The fraction of sp³-hybridized carbons (Fsp3) is 0.200. The first kappa shape index (κ1) is 14.9. The van der Waals surface area contributed by atoms with E-state index in [2.05, 4.69) is 21.2 Å². The molecule has 0 heterocycles. The van der Waals surface area contributed by atoms with Gasteiger partial charge < -0.3 is 10.4 Å². The van der Waals surface area contributed by atoms with Gasteiger partial charge in [0, 0.05) is 16.7 Å². The minimum Gasteiger partial charge on any atom is -0.387 e. The minimum absolute atomic E-state index is 0.214. The topological polar surface area (TPSA) is 32.3 Å². The lowest BCUT2D eigenvalue weighted by atomic mass is 10.1. The molecule has 0 saturated carbocycles. The molecular weight excluding hydrogens is 328 g/mol. The first-order valence-corrected chi connectivity index (χ1v) is 6.89. The molecule has 0 aliphatic rings. The van der Waals surface area contributed by atoms with Crippen molar-refractivity contribution in [3.63, 3.8) is 0 Å². The van der Waals surface area contributed by atoms with Crippen LogP contribution in [0.5, 0.6) is 0 Å². The number of rotatable bonds is 4. The van der Waals surface area contributed by atoms with Gasteiger partial charge in [-0.25, -0.2) is 8.78 Å². The summed E-state index contributed by atoms with van der Waals surface area (Å²) in [5.41, 5.74) is 2.26. The summed E-state index contributed by atoms with van der Waals surface area (Å²) < 4.78 is 26.9. The van der Waals surface area contributed by atoms with Crippen LogP contribution in [0.4, 0.5) is 14.5 Å². The van der Waals surface area contributed by atoms with Crippen LogP contribution in [0.1, 0.15) is 17.2 Å². The van der Waals surface area contributed by atoms with Crippen LogP contribution < -0.4 is 5.32 Å². The van der Waals surface area contributed by atoms with Gasteiger partial charge in [-0.2, -0.15) is 0 Å². The molecule has 0 aromatic heterocycles. The monoisotopic (exact) mass is 341 g/mol. The third-order valence-electron chi connectivity index (χ3n) is 2.99. The SMILES string of the molecule is Cc1cc(NCC(O)c2ccc(F)c(F)c2)ccc1Br. The number of aliphatic hydroxyl groups is 1. The first-order chi connectivity index (χ1) is 9.47. The fourth-order valence-corrected chi connectivity index (χ4v) is 2.05. The minimum atomic E-state index is -0.957. The van der Waals surface area contributed by atoms with Crippen molar-refractivity contribution < 1.29 is 13.9 Å². The molecule has 0 saturated heterocycles. The summed E-state index contributed by atoms with van der Waals surface area (Å²) in [7, 11) is 0. The maximum atomic E-state index is 13.1. The highest BCUT2D eigenvalue weighted by Gasteiger charge is 2.10. The van der Waals surface area contributed by atoms with Crippen molar-refractivity contribution in [1.82, 2.24) is 0 Å². The normalized spacial score (nSPS) is 12.2. The number of hydrogen-bond acceptors (Lipinski definition) is 2. The van der Waals surface area contributed by atoms with Crippen molar-refractivity contribution >= 4 is 21.6 Å². The number of halogens is 3. The summed E-state index contributed by atoms with van der Waals surface area (Å²) in [6, 6.07) is 9.10. The molecule has 2 aromatic rings. The van der Waals surface area contributed by atoms with Crippen LogP contribution in [0.3, 0.4) is 0 Å². The largest absolute Gasteiger partial charge is 0.387 e. The van der Waals surface area contributed by atoms with Crippen LogP contribution in [0.25, 0.3) is 0 Å². The van der Waals surface area contributed by atoms with E-state index in [9.17, 15) is 13.9 Å². The van der Waals surface area contributed by atoms with Gasteiger partial charge in [0.15, 0.2) is 11.6 Å². The van der Waals surface area contributed by atoms with Gasteiger partial charge in [-0.3, -0.25) is 0 Å². The Bertz CT molecular complexity index is 619. The van der Waals surface area contributed by atoms with Crippen LogP contribution in [0, 0.1) is 18.6 Å². The molecule has 2 rings (SSSR count). The van der Waals surface area contributed by atoms with E-state index in [4.69, 9.17) is 0 Å². The smallest absolute Gasteiger partial charge is 0.159 e. The highest BCUT2D eigenvalue weighted by atomic mass is 79.9. The second-order valence-corrected chi connectivity index (χ2v) is 5.39. The Morgan fingerprint density at radius 3 is 2.55 bits per heavy atom. The maximum absolute atomic E-state index is 13.1. The molecule has 0 bridgehead atoms. The number of aryl methyl sites for hydroxylation is 1. The lowest BCUT2D eigenvalue weighted by molar-refractivity contribution is 0.191. The van der Waals surface area contributed by atoms with Gasteiger partial charge >= 0.3 is 0 Å². The predicted octanol–water partition coefficient (Wildman–Crippen LogP) is 4.18. The molecule has 1 unspecified atom stereocenters. The summed E-state index contributed by atoms with van der Waals surface area (Å²) in [5.74, 6) is -1.88. The van der Waals surface area contributed by atoms with Crippen molar-refractivity contribution in [2.75, 3.05) is 11.9 Å². The molecule has 2 aromatic carbocycles. The van der Waals surface area contributed by atoms with E-state index >= 15 is 0 Å². The number of hydrogen-bond donors (Lipinski definition) is 2. The van der Waals surface area contributed by atoms with Crippen LogP contribution >= 0.6 is 15.9 Å². The molecule has 0 fully saturated rings. The highest BCUT2D eigenvalue weighted by Crippen LogP contribution is 2.21. The molecule has 0 amide bonds. The molecule has 2 N–H and O–H groups in total. The standard InChI is InChI=1S/C15H14BrF2NO/c1-9-6-11(3-4-12(9)16)19-8-15(20)10-2-5-13(17)14(18)7-10/h2-7,15,19-20H,8H2,1H3. The van der Waals surface area contributed by atoms with Gasteiger partial charge in [-0.1, -0.05) is 22.0 Å². The maximum Gasteiger partial charge on any atom is 0.159 e. The van der Waals surface area contributed by atoms with Gasteiger partial charge in [-0.15, -0.1) is 0 Å². The second kappa shape index (κ2) is 6.33. The lowest BCUT2D eigenvalue weighted by Crippen LogP contribution is -2.12. The van der Waals surface area contributed by atoms with Crippen LogP contribution in [-0.2, 0) is 0 Å². The molecule has 0 aliphatic carbocycles. The number of aliphatic hydroxyl groups excluding tert-OH is 1. The highest BCUT2D eigenvalue weighted by molar-refractivity contribution is 9.10. The third kappa shape index (κ3) is 3.55. The Labute approximate surface area is 124 Å². The fourth-order valence-electron chi connectivity index (χ4n) is 1.81. The van der Waals surface area contributed by atoms with Gasteiger partial charge in [0.25, 0.3) is 0 Å². The summed E-state index contributed by atoms with van der Waals surface area (Å²) >= 11 is 3.41. The Kier molecular flexibility index (Phi) is 4.73. The third-order valence-corrected chi connectivity index (χ3v) is 3.88. The summed E-state index contributed by atoms with van der Waals surface area (Å²) in [6.45, 7) is 2.17. The molecule has 2 nitrogen and oxygen atoms in total.